The molecule has 28 heavy (non-hydrogen) atoms. The molecule has 3 N–H and O–H groups in total. The third kappa shape index (κ3) is 3.96. The van der Waals surface area contributed by atoms with E-state index in [4.69, 9.17) is 10.2 Å². The highest BCUT2D eigenvalue weighted by Gasteiger charge is 2.36. The minimum Gasteiger partial charge on any atom is -0.461 e. The largest absolute Gasteiger partial charge is 0.461 e. The Bertz CT molecular complexity index is 925. The molecule has 1 saturated carbocycles. The van der Waals surface area contributed by atoms with Crippen LogP contribution in [-0.2, 0) is 4.79 Å². The lowest BCUT2D eigenvalue weighted by atomic mass is 10.1. The van der Waals surface area contributed by atoms with Gasteiger partial charge in [-0.15, -0.1) is 0 Å². The normalized spacial score (nSPS) is 21.2. The molecule has 1 aliphatic heterocycles. The second kappa shape index (κ2) is 7.54. The zero-order valence-corrected chi connectivity index (χ0v) is 16.0. The summed E-state index contributed by atoms with van der Waals surface area (Å²) in [6.45, 7) is 4.07. The molecular formula is C22H25N3O3. The van der Waals surface area contributed by atoms with Crippen LogP contribution < -0.4 is 16.0 Å². The van der Waals surface area contributed by atoms with Gasteiger partial charge in [0.2, 0.25) is 11.8 Å². The number of anilines is 2. The van der Waals surface area contributed by atoms with Crippen LogP contribution >= 0.6 is 0 Å². The molecule has 2 aromatic rings. The molecule has 0 radical (unpaired) electrons. The van der Waals surface area contributed by atoms with Crippen molar-refractivity contribution < 1.29 is 14.0 Å². The van der Waals surface area contributed by atoms with Crippen molar-refractivity contribution in [2.75, 3.05) is 23.3 Å². The van der Waals surface area contributed by atoms with Crippen LogP contribution in [0.4, 0.5) is 11.4 Å². The second-order valence-corrected chi connectivity index (χ2v) is 7.67. The molecule has 1 saturated heterocycles. The molecule has 2 amide bonds. The maximum Gasteiger partial charge on any atom is 0.248 e. The second-order valence-electron chi connectivity index (χ2n) is 7.67. The zero-order valence-electron chi connectivity index (χ0n) is 16.0. The SMILES string of the molecule is C[C@H]1C[C@@H]1c1ccc(/C=C/C(=O)Nc2cc(C(N)=O)ccc2N2CCCC2)o1. The summed E-state index contributed by atoms with van der Waals surface area (Å²) in [6, 6.07) is 9.05. The van der Waals surface area contributed by atoms with Crippen LogP contribution in [-0.4, -0.2) is 24.9 Å². The number of nitrogens with one attached hydrogen (secondary N) is 1. The molecule has 2 fully saturated rings. The number of hydrogen-bond acceptors (Lipinski definition) is 4. The number of primary amides is 1. The van der Waals surface area contributed by atoms with Gasteiger partial charge in [-0.3, -0.25) is 9.59 Å². The Morgan fingerprint density at radius 2 is 1.96 bits per heavy atom. The molecule has 0 spiro atoms. The number of carbonyl (C=O) groups is 2. The molecule has 1 aromatic heterocycles. The van der Waals surface area contributed by atoms with Gasteiger partial charge in [0.25, 0.3) is 0 Å². The van der Waals surface area contributed by atoms with E-state index in [1.54, 1.807) is 18.2 Å². The van der Waals surface area contributed by atoms with Gasteiger partial charge in [-0.25, -0.2) is 0 Å². The minimum atomic E-state index is -0.517. The lowest BCUT2D eigenvalue weighted by Gasteiger charge is -2.21. The third-order valence-corrected chi connectivity index (χ3v) is 5.51. The van der Waals surface area contributed by atoms with E-state index >= 15 is 0 Å². The maximum atomic E-state index is 12.5. The van der Waals surface area contributed by atoms with Gasteiger partial charge in [-0.1, -0.05) is 6.92 Å². The number of amides is 2. The maximum absolute atomic E-state index is 12.5. The van der Waals surface area contributed by atoms with Crippen LogP contribution in [0.15, 0.2) is 40.8 Å². The van der Waals surface area contributed by atoms with Crippen molar-refractivity contribution in [3.05, 3.63) is 53.5 Å². The monoisotopic (exact) mass is 379 g/mol. The molecule has 146 valence electrons. The fraction of sp³-hybridized carbons (Fsp3) is 0.364. The Balaban J connectivity index is 1.48. The molecule has 2 heterocycles. The average molecular weight is 379 g/mol. The number of rotatable bonds is 6. The van der Waals surface area contributed by atoms with Crippen LogP contribution in [0.2, 0.25) is 0 Å². The zero-order chi connectivity index (χ0) is 19.7. The van der Waals surface area contributed by atoms with E-state index in [0.29, 0.717) is 28.8 Å². The summed E-state index contributed by atoms with van der Waals surface area (Å²) in [5.41, 5.74) is 7.28. The molecule has 2 atom stereocenters. The van der Waals surface area contributed by atoms with Gasteiger partial charge in [0, 0.05) is 30.6 Å². The lowest BCUT2D eigenvalue weighted by molar-refractivity contribution is -0.111. The Hall–Kier alpha value is -3.02. The first-order chi connectivity index (χ1) is 13.5. The highest BCUT2D eigenvalue weighted by atomic mass is 16.3. The van der Waals surface area contributed by atoms with Gasteiger partial charge in [0.05, 0.1) is 11.4 Å². The van der Waals surface area contributed by atoms with E-state index in [-0.39, 0.29) is 5.91 Å². The van der Waals surface area contributed by atoms with Gasteiger partial charge in [-0.2, -0.15) is 0 Å². The molecule has 6 nitrogen and oxygen atoms in total. The molecular weight excluding hydrogens is 354 g/mol. The molecule has 6 heteroatoms. The van der Waals surface area contributed by atoms with Crippen molar-refractivity contribution in [2.45, 2.75) is 32.1 Å². The number of carbonyl (C=O) groups excluding carboxylic acids is 2. The first kappa shape index (κ1) is 18.3. The topological polar surface area (TPSA) is 88.6 Å². The fourth-order valence-electron chi connectivity index (χ4n) is 3.73. The number of nitrogens with zero attached hydrogens (tertiary/aromatic N) is 1. The Morgan fingerprint density at radius 1 is 1.21 bits per heavy atom. The molecule has 4 rings (SSSR count). The van der Waals surface area contributed by atoms with Crippen molar-refractivity contribution in [1.29, 1.82) is 0 Å². The lowest BCUT2D eigenvalue weighted by Crippen LogP contribution is -2.21. The summed E-state index contributed by atoms with van der Waals surface area (Å²) in [4.78, 5) is 26.2. The van der Waals surface area contributed by atoms with Crippen LogP contribution in [0.5, 0.6) is 0 Å². The third-order valence-electron chi connectivity index (χ3n) is 5.51. The Kier molecular flexibility index (Phi) is 4.94. The van der Waals surface area contributed by atoms with Gasteiger partial charge in [0.15, 0.2) is 0 Å². The van der Waals surface area contributed by atoms with Gasteiger partial charge < -0.3 is 20.4 Å². The van der Waals surface area contributed by atoms with Crippen LogP contribution in [0.25, 0.3) is 6.08 Å². The molecule has 1 aromatic carbocycles. The summed E-state index contributed by atoms with van der Waals surface area (Å²) in [5.74, 6) is 2.03. The van der Waals surface area contributed by atoms with Crippen molar-refractivity contribution >= 4 is 29.3 Å². The molecule has 2 aliphatic rings. The van der Waals surface area contributed by atoms with E-state index in [1.807, 2.05) is 18.2 Å². The van der Waals surface area contributed by atoms with Crippen molar-refractivity contribution in [3.63, 3.8) is 0 Å². The van der Waals surface area contributed by atoms with E-state index in [1.165, 1.54) is 6.08 Å². The van der Waals surface area contributed by atoms with Crippen LogP contribution in [0.1, 0.15) is 54.0 Å². The summed E-state index contributed by atoms with van der Waals surface area (Å²) in [5, 5.41) is 2.89. The van der Waals surface area contributed by atoms with E-state index in [9.17, 15) is 9.59 Å². The standard InChI is InChI=1S/C22H25N3O3/c1-14-12-17(14)20-8-5-16(28-20)6-9-21(26)24-18-13-15(22(23)27)4-7-19(18)25-10-2-3-11-25/h4-9,13-14,17H,2-3,10-12H2,1H3,(H2,23,27)(H,24,26)/b9-6+/t14-,17-/m0/s1. The number of furan rings is 1. The quantitative estimate of drug-likeness (QED) is 0.748. The predicted molar refractivity (Wildman–Crippen MR) is 109 cm³/mol. The summed E-state index contributed by atoms with van der Waals surface area (Å²) in [6.07, 6.45) is 6.51. The van der Waals surface area contributed by atoms with Crippen LogP contribution in [0, 0.1) is 5.92 Å². The predicted octanol–water partition coefficient (Wildman–Crippen LogP) is 3.75. The first-order valence-corrected chi connectivity index (χ1v) is 9.79. The summed E-state index contributed by atoms with van der Waals surface area (Å²) in [7, 11) is 0. The minimum absolute atomic E-state index is 0.278. The van der Waals surface area contributed by atoms with Crippen molar-refractivity contribution in [3.8, 4) is 0 Å². The average Bonchev–Trinajstić information content (AvgIpc) is 3.09. The van der Waals surface area contributed by atoms with E-state index in [2.05, 4.69) is 17.1 Å². The smallest absolute Gasteiger partial charge is 0.248 e. The van der Waals surface area contributed by atoms with Gasteiger partial charge in [0.1, 0.15) is 11.5 Å². The highest BCUT2D eigenvalue weighted by molar-refractivity contribution is 6.05. The number of hydrogen-bond donors (Lipinski definition) is 2. The first-order valence-electron chi connectivity index (χ1n) is 9.79. The number of nitrogens with two attached hydrogens (primary N) is 1. The van der Waals surface area contributed by atoms with E-state index < -0.39 is 5.91 Å². The molecule has 1 aliphatic carbocycles. The van der Waals surface area contributed by atoms with Gasteiger partial charge >= 0.3 is 0 Å². The van der Waals surface area contributed by atoms with E-state index in [0.717, 1.165) is 43.8 Å². The van der Waals surface area contributed by atoms with Crippen molar-refractivity contribution in [2.24, 2.45) is 11.7 Å². The van der Waals surface area contributed by atoms with Crippen LogP contribution in [0.3, 0.4) is 0 Å². The molecule has 0 unspecified atom stereocenters. The molecule has 0 bridgehead atoms. The summed E-state index contributed by atoms with van der Waals surface area (Å²) >= 11 is 0. The Morgan fingerprint density at radius 3 is 2.64 bits per heavy atom. The van der Waals surface area contributed by atoms with Crippen molar-refractivity contribution in [1.82, 2.24) is 0 Å². The Labute approximate surface area is 164 Å². The number of benzene rings is 1. The fourth-order valence-corrected chi connectivity index (χ4v) is 3.73. The summed E-state index contributed by atoms with van der Waals surface area (Å²) < 4.78 is 5.80. The van der Waals surface area contributed by atoms with Gasteiger partial charge in [-0.05, 0) is 61.6 Å². The highest BCUT2D eigenvalue weighted by Crippen LogP contribution is 2.47.